The molecule has 5 heteroatoms. The molecule has 0 radical (unpaired) electrons. The number of carbonyl (C=O) groups is 1. The van der Waals surface area contributed by atoms with Gasteiger partial charge in [-0.05, 0) is 43.5 Å². The lowest BCUT2D eigenvalue weighted by Crippen LogP contribution is -2.46. The second-order valence-corrected chi connectivity index (χ2v) is 5.89. The first-order valence-corrected chi connectivity index (χ1v) is 7.78. The van der Waals surface area contributed by atoms with Crippen LogP contribution in [0.15, 0.2) is 28.7 Å². The highest BCUT2D eigenvalue weighted by molar-refractivity contribution is 9.10. The van der Waals surface area contributed by atoms with E-state index in [-0.39, 0.29) is 18.6 Å². The van der Waals surface area contributed by atoms with Crippen molar-refractivity contribution in [2.75, 3.05) is 19.8 Å². The van der Waals surface area contributed by atoms with E-state index in [1.165, 1.54) is 0 Å². The Bertz CT molecular complexity index is 435. The molecule has 20 heavy (non-hydrogen) atoms. The number of halogens is 1. The maximum absolute atomic E-state index is 12.1. The lowest BCUT2D eigenvalue weighted by molar-refractivity contribution is -0.136. The van der Waals surface area contributed by atoms with Gasteiger partial charge in [-0.3, -0.25) is 4.79 Å². The summed E-state index contributed by atoms with van der Waals surface area (Å²) in [5.74, 6) is 0.833. The second kappa shape index (κ2) is 7.64. The highest BCUT2D eigenvalue weighted by atomic mass is 79.9. The molecule has 0 saturated carbocycles. The number of carbonyl (C=O) groups excluding carboxylic acids is 1. The Morgan fingerprint density at radius 2 is 2.10 bits per heavy atom. The van der Waals surface area contributed by atoms with Gasteiger partial charge in [0.25, 0.3) is 0 Å². The normalized spacial score (nSPS) is 18.9. The molecule has 1 atom stereocenters. The van der Waals surface area contributed by atoms with E-state index in [2.05, 4.69) is 15.9 Å². The zero-order valence-electron chi connectivity index (χ0n) is 11.4. The number of piperidine rings is 1. The lowest BCUT2D eigenvalue weighted by atomic mass is 10.0. The van der Waals surface area contributed by atoms with E-state index in [1.807, 2.05) is 24.3 Å². The smallest absolute Gasteiger partial charge is 0.226 e. The lowest BCUT2D eigenvalue weighted by Gasteiger charge is -2.34. The Kier molecular flexibility index (Phi) is 5.86. The Hall–Kier alpha value is -1.07. The number of likely N-dealkylation sites (tertiary alicyclic amines) is 1. The van der Waals surface area contributed by atoms with Crippen molar-refractivity contribution in [1.82, 2.24) is 4.90 Å². The van der Waals surface area contributed by atoms with Crippen LogP contribution in [0.2, 0.25) is 0 Å². The van der Waals surface area contributed by atoms with E-state index < -0.39 is 0 Å². The summed E-state index contributed by atoms with van der Waals surface area (Å²) < 4.78 is 6.56. The van der Waals surface area contributed by atoms with Crippen LogP contribution in [0.25, 0.3) is 0 Å². The molecule has 4 nitrogen and oxygen atoms in total. The predicted octanol–water partition coefficient (Wildman–Crippen LogP) is 2.59. The number of amides is 1. The van der Waals surface area contributed by atoms with Crippen molar-refractivity contribution in [3.63, 3.8) is 0 Å². The van der Waals surface area contributed by atoms with Crippen LogP contribution >= 0.6 is 15.9 Å². The molecular formula is C15H20BrNO3. The van der Waals surface area contributed by atoms with E-state index in [4.69, 9.17) is 4.74 Å². The molecule has 1 heterocycles. The molecule has 110 valence electrons. The molecule has 1 saturated heterocycles. The quantitative estimate of drug-likeness (QED) is 0.895. The molecule has 0 aliphatic carbocycles. The standard InChI is InChI=1S/C15H20BrNO3/c16-12-4-6-14(7-5-12)20-10-8-15(19)17-9-2-1-3-13(17)11-18/h4-7,13,18H,1-3,8-11H2. The van der Waals surface area contributed by atoms with Crippen molar-refractivity contribution < 1.29 is 14.6 Å². The summed E-state index contributed by atoms with van der Waals surface area (Å²) >= 11 is 3.36. The molecule has 1 aromatic rings. The summed E-state index contributed by atoms with van der Waals surface area (Å²) in [6, 6.07) is 7.54. The summed E-state index contributed by atoms with van der Waals surface area (Å²) in [7, 11) is 0. The van der Waals surface area contributed by atoms with Crippen molar-refractivity contribution in [3.8, 4) is 5.75 Å². The Balaban J connectivity index is 1.78. The highest BCUT2D eigenvalue weighted by Gasteiger charge is 2.25. The second-order valence-electron chi connectivity index (χ2n) is 4.97. The molecule has 1 amide bonds. The predicted molar refractivity (Wildman–Crippen MR) is 80.7 cm³/mol. The van der Waals surface area contributed by atoms with Crippen LogP contribution in [0.5, 0.6) is 5.75 Å². The zero-order valence-corrected chi connectivity index (χ0v) is 13.0. The number of nitrogens with zero attached hydrogens (tertiary/aromatic N) is 1. The van der Waals surface area contributed by atoms with Gasteiger partial charge in [-0.15, -0.1) is 0 Å². The Morgan fingerprint density at radius 1 is 1.35 bits per heavy atom. The van der Waals surface area contributed by atoms with Gasteiger partial charge in [0.1, 0.15) is 5.75 Å². The van der Waals surface area contributed by atoms with Crippen molar-refractivity contribution in [3.05, 3.63) is 28.7 Å². The van der Waals surface area contributed by atoms with Crippen LogP contribution < -0.4 is 4.74 Å². The van der Waals surface area contributed by atoms with Crippen LogP contribution in [0.3, 0.4) is 0 Å². The van der Waals surface area contributed by atoms with Crippen LogP contribution in [-0.2, 0) is 4.79 Å². The number of ether oxygens (including phenoxy) is 1. The van der Waals surface area contributed by atoms with Crippen LogP contribution in [0.4, 0.5) is 0 Å². The molecule has 0 spiro atoms. The summed E-state index contributed by atoms with van der Waals surface area (Å²) in [5, 5.41) is 9.31. The highest BCUT2D eigenvalue weighted by Crippen LogP contribution is 2.19. The number of aliphatic hydroxyl groups is 1. The van der Waals surface area contributed by atoms with Gasteiger partial charge >= 0.3 is 0 Å². The third-order valence-electron chi connectivity index (χ3n) is 3.56. The molecule has 1 aliphatic heterocycles. The number of hydrogen-bond donors (Lipinski definition) is 1. The molecular weight excluding hydrogens is 322 g/mol. The van der Waals surface area contributed by atoms with E-state index in [0.717, 1.165) is 36.0 Å². The zero-order chi connectivity index (χ0) is 14.4. The van der Waals surface area contributed by atoms with Gasteiger partial charge in [0.05, 0.1) is 25.7 Å². The number of hydrogen-bond acceptors (Lipinski definition) is 3. The van der Waals surface area contributed by atoms with E-state index in [0.29, 0.717) is 13.0 Å². The van der Waals surface area contributed by atoms with Crippen LogP contribution in [0.1, 0.15) is 25.7 Å². The molecule has 1 aromatic carbocycles. The molecule has 0 aromatic heterocycles. The van der Waals surface area contributed by atoms with Gasteiger partial charge in [0.15, 0.2) is 0 Å². The maximum atomic E-state index is 12.1. The minimum absolute atomic E-state index is 0.0102. The van der Waals surface area contributed by atoms with E-state index in [9.17, 15) is 9.90 Å². The molecule has 1 unspecified atom stereocenters. The van der Waals surface area contributed by atoms with Gasteiger partial charge < -0.3 is 14.7 Å². The Morgan fingerprint density at radius 3 is 2.80 bits per heavy atom. The van der Waals surface area contributed by atoms with Gasteiger partial charge in [0.2, 0.25) is 5.91 Å². The minimum atomic E-state index is -0.0102. The molecule has 1 aliphatic rings. The maximum Gasteiger partial charge on any atom is 0.226 e. The third-order valence-corrected chi connectivity index (χ3v) is 4.09. The van der Waals surface area contributed by atoms with E-state index >= 15 is 0 Å². The number of rotatable bonds is 5. The summed E-state index contributed by atoms with van der Waals surface area (Å²) in [6.07, 6.45) is 3.36. The van der Waals surface area contributed by atoms with Crippen LogP contribution in [0, 0.1) is 0 Å². The fraction of sp³-hybridized carbons (Fsp3) is 0.533. The first kappa shape index (κ1) is 15.3. The number of aliphatic hydroxyl groups excluding tert-OH is 1. The third kappa shape index (κ3) is 4.21. The largest absolute Gasteiger partial charge is 0.493 e. The van der Waals surface area contributed by atoms with Gasteiger partial charge in [-0.2, -0.15) is 0 Å². The summed E-state index contributed by atoms with van der Waals surface area (Å²) in [5.41, 5.74) is 0. The molecule has 1 N–H and O–H groups in total. The fourth-order valence-electron chi connectivity index (χ4n) is 2.45. The molecule has 0 bridgehead atoms. The average molecular weight is 342 g/mol. The first-order valence-electron chi connectivity index (χ1n) is 6.99. The molecule has 1 fully saturated rings. The van der Waals surface area contributed by atoms with Gasteiger partial charge in [-0.1, -0.05) is 15.9 Å². The monoisotopic (exact) mass is 341 g/mol. The summed E-state index contributed by atoms with van der Waals surface area (Å²) in [6.45, 7) is 1.18. The van der Waals surface area contributed by atoms with Crippen molar-refractivity contribution in [2.24, 2.45) is 0 Å². The SMILES string of the molecule is O=C(CCOc1ccc(Br)cc1)N1CCCCC1CO. The van der Waals surface area contributed by atoms with E-state index in [1.54, 1.807) is 4.90 Å². The topological polar surface area (TPSA) is 49.8 Å². The number of benzene rings is 1. The van der Waals surface area contributed by atoms with Crippen molar-refractivity contribution in [2.45, 2.75) is 31.7 Å². The van der Waals surface area contributed by atoms with Crippen molar-refractivity contribution in [1.29, 1.82) is 0 Å². The minimum Gasteiger partial charge on any atom is -0.493 e. The van der Waals surface area contributed by atoms with Gasteiger partial charge in [0, 0.05) is 11.0 Å². The summed E-state index contributed by atoms with van der Waals surface area (Å²) in [4.78, 5) is 13.9. The van der Waals surface area contributed by atoms with Crippen molar-refractivity contribution >= 4 is 21.8 Å². The average Bonchev–Trinajstić information content (AvgIpc) is 2.49. The Labute approximate surface area is 127 Å². The van der Waals surface area contributed by atoms with Gasteiger partial charge in [-0.25, -0.2) is 0 Å². The van der Waals surface area contributed by atoms with Crippen LogP contribution in [-0.4, -0.2) is 41.7 Å². The first-order chi connectivity index (χ1) is 9.70. The molecule has 2 rings (SSSR count). The fourth-order valence-corrected chi connectivity index (χ4v) is 2.71.